The van der Waals surface area contributed by atoms with E-state index in [9.17, 15) is 9.59 Å². The van der Waals surface area contributed by atoms with Crippen LogP contribution in [0, 0.1) is 5.92 Å². The lowest BCUT2D eigenvalue weighted by Gasteiger charge is -2.25. The highest BCUT2D eigenvalue weighted by molar-refractivity contribution is 5.89. The van der Waals surface area contributed by atoms with Gasteiger partial charge in [0, 0.05) is 19.5 Å². The lowest BCUT2D eigenvalue weighted by Crippen LogP contribution is -2.45. The summed E-state index contributed by atoms with van der Waals surface area (Å²) in [5, 5.41) is 2.79. The first-order chi connectivity index (χ1) is 8.04. The molecule has 17 heavy (non-hydrogen) atoms. The van der Waals surface area contributed by atoms with E-state index in [2.05, 4.69) is 25.7 Å². The molecule has 1 aliphatic heterocycles. The van der Waals surface area contributed by atoms with E-state index in [1.54, 1.807) is 11.0 Å². The van der Waals surface area contributed by atoms with Gasteiger partial charge in [-0.25, -0.2) is 0 Å². The molecule has 0 aromatic heterocycles. The molecule has 0 aromatic carbocycles. The molecule has 0 spiro atoms. The molecule has 1 saturated heterocycles. The molecule has 0 saturated carbocycles. The van der Waals surface area contributed by atoms with Crippen molar-refractivity contribution in [3.8, 4) is 0 Å². The van der Waals surface area contributed by atoms with Crippen LogP contribution in [0.15, 0.2) is 12.7 Å². The van der Waals surface area contributed by atoms with Crippen molar-refractivity contribution >= 4 is 11.8 Å². The second-order valence-corrected chi connectivity index (χ2v) is 4.91. The van der Waals surface area contributed by atoms with Crippen LogP contribution in [0.5, 0.6) is 0 Å². The molecule has 1 atom stereocenters. The number of hydrogen-bond acceptors (Lipinski definition) is 2. The fourth-order valence-corrected chi connectivity index (χ4v) is 2.00. The molecule has 0 bridgehead atoms. The number of nitrogens with zero attached hydrogens (tertiary/aromatic N) is 1. The summed E-state index contributed by atoms with van der Waals surface area (Å²) in [5.74, 6) is 0.442. The van der Waals surface area contributed by atoms with Gasteiger partial charge in [-0.2, -0.15) is 0 Å². The van der Waals surface area contributed by atoms with Gasteiger partial charge in [0.25, 0.3) is 0 Å². The molecule has 1 rings (SSSR count). The second kappa shape index (κ2) is 6.42. The van der Waals surface area contributed by atoms with Crippen LogP contribution in [0.4, 0.5) is 0 Å². The van der Waals surface area contributed by atoms with E-state index in [4.69, 9.17) is 0 Å². The van der Waals surface area contributed by atoms with E-state index >= 15 is 0 Å². The van der Waals surface area contributed by atoms with Crippen molar-refractivity contribution in [2.75, 3.05) is 13.1 Å². The second-order valence-electron chi connectivity index (χ2n) is 4.91. The molecule has 2 amide bonds. The first-order valence-corrected chi connectivity index (χ1v) is 6.23. The quantitative estimate of drug-likeness (QED) is 0.734. The Morgan fingerprint density at radius 1 is 1.53 bits per heavy atom. The Morgan fingerprint density at radius 2 is 2.24 bits per heavy atom. The normalized spacial score (nSPS) is 21.4. The summed E-state index contributed by atoms with van der Waals surface area (Å²) >= 11 is 0. The molecule has 4 nitrogen and oxygen atoms in total. The van der Waals surface area contributed by atoms with Gasteiger partial charge in [-0.3, -0.25) is 9.59 Å². The Kier molecular flexibility index (Phi) is 5.19. The molecule has 4 heteroatoms. The summed E-state index contributed by atoms with van der Waals surface area (Å²) in [6.07, 6.45) is 3.56. The van der Waals surface area contributed by atoms with Crippen LogP contribution >= 0.6 is 0 Å². The minimum atomic E-state index is -0.373. The zero-order valence-corrected chi connectivity index (χ0v) is 10.7. The van der Waals surface area contributed by atoms with Gasteiger partial charge in [-0.15, -0.1) is 6.58 Å². The van der Waals surface area contributed by atoms with Crippen molar-refractivity contribution in [3.63, 3.8) is 0 Å². The predicted octanol–water partition coefficient (Wildman–Crippen LogP) is 1.33. The van der Waals surface area contributed by atoms with Crippen molar-refractivity contribution in [2.45, 2.75) is 39.2 Å². The maximum Gasteiger partial charge on any atom is 0.245 e. The van der Waals surface area contributed by atoms with Gasteiger partial charge in [-0.05, 0) is 18.8 Å². The van der Waals surface area contributed by atoms with Crippen LogP contribution in [0.25, 0.3) is 0 Å². The maximum absolute atomic E-state index is 12.2. The summed E-state index contributed by atoms with van der Waals surface area (Å²) in [4.78, 5) is 25.5. The first-order valence-electron chi connectivity index (χ1n) is 6.23. The zero-order chi connectivity index (χ0) is 12.8. The largest absolute Gasteiger partial charge is 0.344 e. The maximum atomic E-state index is 12.2. The minimum absolute atomic E-state index is 0.0290. The van der Waals surface area contributed by atoms with Gasteiger partial charge >= 0.3 is 0 Å². The van der Waals surface area contributed by atoms with Crippen LogP contribution in [0.1, 0.15) is 33.1 Å². The van der Waals surface area contributed by atoms with Gasteiger partial charge in [0.2, 0.25) is 11.8 Å². The molecule has 0 radical (unpaired) electrons. The van der Waals surface area contributed by atoms with Crippen molar-refractivity contribution in [3.05, 3.63) is 12.7 Å². The van der Waals surface area contributed by atoms with Crippen LogP contribution in [-0.2, 0) is 9.59 Å². The summed E-state index contributed by atoms with van der Waals surface area (Å²) in [7, 11) is 0. The van der Waals surface area contributed by atoms with Crippen molar-refractivity contribution in [1.82, 2.24) is 10.2 Å². The average Bonchev–Trinajstić information content (AvgIpc) is 2.39. The van der Waals surface area contributed by atoms with Gasteiger partial charge in [0.05, 0.1) is 0 Å². The Labute approximate surface area is 103 Å². The zero-order valence-electron chi connectivity index (χ0n) is 10.7. The summed E-state index contributed by atoms with van der Waals surface area (Å²) in [5.41, 5.74) is 0. The van der Waals surface area contributed by atoms with E-state index < -0.39 is 0 Å². The predicted molar refractivity (Wildman–Crippen MR) is 67.4 cm³/mol. The van der Waals surface area contributed by atoms with Crippen LogP contribution in [0.3, 0.4) is 0 Å². The van der Waals surface area contributed by atoms with Gasteiger partial charge in [-0.1, -0.05) is 19.9 Å². The first kappa shape index (κ1) is 13.7. The smallest absolute Gasteiger partial charge is 0.245 e. The fourth-order valence-electron chi connectivity index (χ4n) is 2.00. The molecule has 1 heterocycles. The highest BCUT2D eigenvalue weighted by atomic mass is 16.2. The highest BCUT2D eigenvalue weighted by Crippen LogP contribution is 2.10. The Bertz CT molecular complexity index is 300. The lowest BCUT2D eigenvalue weighted by molar-refractivity contribution is -0.134. The molecule has 1 unspecified atom stereocenters. The number of carbonyl (C=O) groups excluding carboxylic acids is 2. The number of nitrogens with one attached hydrogen (secondary N) is 1. The van der Waals surface area contributed by atoms with Crippen molar-refractivity contribution in [2.24, 2.45) is 5.92 Å². The summed E-state index contributed by atoms with van der Waals surface area (Å²) < 4.78 is 0. The SMILES string of the molecule is C=CCCC1NC(=O)CCN(CC(C)C)C1=O. The van der Waals surface area contributed by atoms with Gasteiger partial charge < -0.3 is 10.2 Å². The summed E-state index contributed by atoms with van der Waals surface area (Å²) in [6, 6.07) is -0.373. The molecule has 1 fully saturated rings. The molecule has 1 N–H and O–H groups in total. The van der Waals surface area contributed by atoms with Crippen LogP contribution in [0.2, 0.25) is 0 Å². The Hall–Kier alpha value is -1.32. The van der Waals surface area contributed by atoms with E-state index in [1.165, 1.54) is 0 Å². The molecule has 0 aliphatic carbocycles. The third kappa shape index (κ3) is 4.21. The van der Waals surface area contributed by atoms with Gasteiger partial charge in [0.1, 0.15) is 6.04 Å². The van der Waals surface area contributed by atoms with Crippen LogP contribution in [-0.4, -0.2) is 35.8 Å². The standard InChI is InChI=1S/C13H22N2O2/c1-4-5-6-11-13(17)15(9-10(2)3)8-7-12(16)14-11/h4,10-11H,1,5-9H2,2-3H3,(H,14,16). The van der Waals surface area contributed by atoms with E-state index in [0.717, 1.165) is 13.0 Å². The van der Waals surface area contributed by atoms with E-state index in [0.29, 0.717) is 25.3 Å². The Balaban J connectivity index is 2.70. The number of hydrogen-bond donors (Lipinski definition) is 1. The number of allylic oxidation sites excluding steroid dienone is 1. The van der Waals surface area contributed by atoms with Crippen molar-refractivity contribution in [1.29, 1.82) is 0 Å². The third-order valence-electron chi connectivity index (χ3n) is 2.80. The monoisotopic (exact) mass is 238 g/mol. The molecular weight excluding hydrogens is 216 g/mol. The molecular formula is C13H22N2O2. The molecule has 96 valence electrons. The molecule has 0 aromatic rings. The highest BCUT2D eigenvalue weighted by Gasteiger charge is 2.29. The minimum Gasteiger partial charge on any atom is -0.344 e. The number of amides is 2. The van der Waals surface area contributed by atoms with E-state index in [-0.39, 0.29) is 17.9 Å². The van der Waals surface area contributed by atoms with Gasteiger partial charge in [0.15, 0.2) is 0 Å². The van der Waals surface area contributed by atoms with Crippen LogP contribution < -0.4 is 5.32 Å². The average molecular weight is 238 g/mol. The third-order valence-corrected chi connectivity index (χ3v) is 2.80. The number of carbonyl (C=O) groups is 2. The Morgan fingerprint density at radius 3 is 2.82 bits per heavy atom. The fraction of sp³-hybridized carbons (Fsp3) is 0.692. The lowest BCUT2D eigenvalue weighted by atomic mass is 10.1. The van der Waals surface area contributed by atoms with E-state index in [1.807, 2.05) is 0 Å². The number of rotatable bonds is 5. The molecule has 1 aliphatic rings. The topological polar surface area (TPSA) is 49.4 Å². The summed E-state index contributed by atoms with van der Waals surface area (Å²) in [6.45, 7) is 9.05. The van der Waals surface area contributed by atoms with Crippen molar-refractivity contribution < 1.29 is 9.59 Å².